The van der Waals surface area contributed by atoms with Crippen molar-refractivity contribution in [2.75, 3.05) is 0 Å². The van der Waals surface area contributed by atoms with E-state index in [9.17, 15) is 13.6 Å². The lowest BCUT2D eigenvalue weighted by molar-refractivity contribution is -0.121. The molecule has 0 aliphatic carbocycles. The zero-order valence-corrected chi connectivity index (χ0v) is 10.4. The number of carbonyl (C=O) groups is 1. The summed E-state index contributed by atoms with van der Waals surface area (Å²) >= 11 is 0. The number of halogens is 2. The minimum Gasteiger partial charge on any atom is -0.352 e. The topological polar surface area (TPSA) is 55.1 Å². The Labute approximate surface area is 105 Å². The lowest BCUT2D eigenvalue weighted by atomic mass is 10.1. The van der Waals surface area contributed by atoms with Crippen LogP contribution in [0.2, 0.25) is 0 Å². The highest BCUT2D eigenvalue weighted by Gasteiger charge is 2.10. The van der Waals surface area contributed by atoms with E-state index >= 15 is 0 Å². The second kappa shape index (κ2) is 7.06. The molecule has 1 aromatic carbocycles. The van der Waals surface area contributed by atoms with Crippen molar-refractivity contribution in [3.05, 3.63) is 35.4 Å². The van der Waals surface area contributed by atoms with Gasteiger partial charge in [-0.3, -0.25) is 4.79 Å². The van der Waals surface area contributed by atoms with Crippen molar-refractivity contribution >= 4 is 5.91 Å². The third kappa shape index (κ3) is 4.79. The van der Waals surface area contributed by atoms with Gasteiger partial charge in [0.1, 0.15) is 11.6 Å². The van der Waals surface area contributed by atoms with Crippen molar-refractivity contribution in [2.24, 2.45) is 5.73 Å². The Morgan fingerprint density at radius 2 is 2.17 bits per heavy atom. The van der Waals surface area contributed by atoms with Gasteiger partial charge in [0.25, 0.3) is 0 Å². The first-order chi connectivity index (χ1) is 8.52. The molecule has 1 atom stereocenters. The lowest BCUT2D eigenvalue weighted by Gasteiger charge is -2.11. The minimum absolute atomic E-state index is 0.0265. The number of hydrogen-bond donors (Lipinski definition) is 2. The van der Waals surface area contributed by atoms with E-state index in [0.29, 0.717) is 0 Å². The van der Waals surface area contributed by atoms with Crippen LogP contribution in [0.3, 0.4) is 0 Å². The maximum atomic E-state index is 13.3. The lowest BCUT2D eigenvalue weighted by Crippen LogP contribution is -2.31. The number of nitrogens with one attached hydrogen (secondary N) is 1. The van der Waals surface area contributed by atoms with Gasteiger partial charge in [0, 0.05) is 24.6 Å². The molecular formula is C13H18F2N2O. The predicted molar refractivity (Wildman–Crippen MR) is 65.7 cm³/mol. The summed E-state index contributed by atoms with van der Waals surface area (Å²) < 4.78 is 26.1. The van der Waals surface area contributed by atoms with Crippen molar-refractivity contribution in [1.82, 2.24) is 5.32 Å². The molecule has 1 aromatic rings. The van der Waals surface area contributed by atoms with Crippen LogP contribution in [-0.2, 0) is 11.3 Å². The van der Waals surface area contributed by atoms with E-state index < -0.39 is 11.6 Å². The van der Waals surface area contributed by atoms with Gasteiger partial charge in [-0.25, -0.2) is 8.78 Å². The molecule has 0 aliphatic rings. The maximum Gasteiger partial charge on any atom is 0.221 e. The van der Waals surface area contributed by atoms with Gasteiger partial charge >= 0.3 is 0 Å². The summed E-state index contributed by atoms with van der Waals surface area (Å²) in [5, 5.41) is 2.53. The van der Waals surface area contributed by atoms with E-state index in [1.54, 1.807) is 0 Å². The Hall–Kier alpha value is -1.49. The third-order valence-electron chi connectivity index (χ3n) is 2.59. The fourth-order valence-electron chi connectivity index (χ4n) is 1.66. The Morgan fingerprint density at radius 1 is 1.44 bits per heavy atom. The number of benzene rings is 1. The van der Waals surface area contributed by atoms with Crippen LogP contribution in [-0.4, -0.2) is 11.9 Å². The van der Waals surface area contributed by atoms with Crippen LogP contribution in [0.5, 0.6) is 0 Å². The van der Waals surface area contributed by atoms with Crippen molar-refractivity contribution in [3.8, 4) is 0 Å². The van der Waals surface area contributed by atoms with Crippen LogP contribution < -0.4 is 11.1 Å². The van der Waals surface area contributed by atoms with Gasteiger partial charge in [0.2, 0.25) is 5.91 Å². The number of nitrogens with two attached hydrogens (primary N) is 1. The van der Waals surface area contributed by atoms with Gasteiger partial charge < -0.3 is 11.1 Å². The normalized spacial score (nSPS) is 12.2. The Balaban J connectivity index is 2.45. The average molecular weight is 256 g/mol. The largest absolute Gasteiger partial charge is 0.352 e. The molecule has 0 spiro atoms. The Kier molecular flexibility index (Phi) is 5.71. The van der Waals surface area contributed by atoms with E-state index in [4.69, 9.17) is 5.73 Å². The first-order valence-electron chi connectivity index (χ1n) is 5.99. The highest BCUT2D eigenvalue weighted by molar-refractivity contribution is 5.76. The Morgan fingerprint density at radius 3 is 2.83 bits per heavy atom. The zero-order valence-electron chi connectivity index (χ0n) is 10.4. The van der Waals surface area contributed by atoms with Crippen LogP contribution in [0.25, 0.3) is 0 Å². The van der Waals surface area contributed by atoms with Crippen molar-refractivity contribution in [1.29, 1.82) is 0 Å². The first-order valence-corrected chi connectivity index (χ1v) is 5.99. The number of rotatable bonds is 6. The fourth-order valence-corrected chi connectivity index (χ4v) is 1.66. The molecular weight excluding hydrogens is 238 g/mol. The van der Waals surface area contributed by atoms with Crippen LogP contribution >= 0.6 is 0 Å². The summed E-state index contributed by atoms with van der Waals surface area (Å²) in [6.07, 6.45) is 1.87. The predicted octanol–water partition coefficient (Wildman–Crippen LogP) is 2.10. The molecule has 0 fully saturated rings. The van der Waals surface area contributed by atoms with Crippen LogP contribution in [0.1, 0.15) is 31.7 Å². The summed E-state index contributed by atoms with van der Waals surface area (Å²) in [5.41, 5.74) is 5.85. The minimum atomic E-state index is -0.533. The van der Waals surface area contributed by atoms with Crippen molar-refractivity contribution < 1.29 is 13.6 Å². The molecule has 3 nitrogen and oxygen atoms in total. The smallest absolute Gasteiger partial charge is 0.221 e. The van der Waals surface area contributed by atoms with E-state index in [1.807, 2.05) is 6.92 Å². The third-order valence-corrected chi connectivity index (χ3v) is 2.59. The first kappa shape index (κ1) is 14.6. The highest BCUT2D eigenvalue weighted by atomic mass is 19.1. The molecule has 0 saturated carbocycles. The molecule has 1 rings (SSSR count). The molecule has 0 aliphatic heterocycles. The molecule has 0 aromatic heterocycles. The second-order valence-corrected chi connectivity index (χ2v) is 4.27. The van der Waals surface area contributed by atoms with Gasteiger partial charge in [0.15, 0.2) is 0 Å². The maximum absolute atomic E-state index is 13.3. The number of amides is 1. The van der Waals surface area contributed by atoms with E-state index in [2.05, 4.69) is 5.32 Å². The zero-order chi connectivity index (χ0) is 13.5. The van der Waals surface area contributed by atoms with E-state index in [0.717, 1.165) is 31.0 Å². The van der Waals surface area contributed by atoms with Crippen LogP contribution in [0, 0.1) is 11.6 Å². The van der Waals surface area contributed by atoms with Gasteiger partial charge in [-0.15, -0.1) is 0 Å². The quantitative estimate of drug-likeness (QED) is 0.819. The standard InChI is InChI=1S/C13H18F2N2O/c1-2-3-11(16)7-13(18)17-8-9-6-10(14)4-5-12(9)15/h4-6,11H,2-3,7-8,16H2,1H3,(H,17,18). The van der Waals surface area contributed by atoms with Crippen molar-refractivity contribution in [2.45, 2.75) is 38.8 Å². The number of carbonyl (C=O) groups excluding carboxylic acids is 1. The van der Waals surface area contributed by atoms with Gasteiger partial charge in [-0.2, -0.15) is 0 Å². The molecule has 18 heavy (non-hydrogen) atoms. The monoisotopic (exact) mass is 256 g/mol. The molecule has 1 amide bonds. The van der Waals surface area contributed by atoms with E-state index in [-0.39, 0.29) is 30.5 Å². The summed E-state index contributed by atoms with van der Waals surface area (Å²) in [7, 11) is 0. The molecule has 0 radical (unpaired) electrons. The SMILES string of the molecule is CCCC(N)CC(=O)NCc1cc(F)ccc1F. The van der Waals surface area contributed by atoms with Gasteiger partial charge in [0.05, 0.1) is 0 Å². The van der Waals surface area contributed by atoms with E-state index in [1.165, 1.54) is 0 Å². The number of hydrogen-bond acceptors (Lipinski definition) is 2. The van der Waals surface area contributed by atoms with Crippen molar-refractivity contribution in [3.63, 3.8) is 0 Å². The van der Waals surface area contributed by atoms with Crippen LogP contribution in [0.4, 0.5) is 8.78 Å². The second-order valence-electron chi connectivity index (χ2n) is 4.27. The molecule has 3 N–H and O–H groups in total. The summed E-state index contributed by atoms with van der Waals surface area (Å²) in [6, 6.07) is 2.96. The van der Waals surface area contributed by atoms with Gasteiger partial charge in [-0.05, 0) is 24.6 Å². The van der Waals surface area contributed by atoms with Crippen LogP contribution in [0.15, 0.2) is 18.2 Å². The fraction of sp³-hybridized carbons (Fsp3) is 0.462. The summed E-state index contributed by atoms with van der Waals surface area (Å²) in [4.78, 5) is 11.5. The molecule has 100 valence electrons. The summed E-state index contributed by atoms with van der Waals surface area (Å²) in [5.74, 6) is -1.31. The molecule has 0 bridgehead atoms. The summed E-state index contributed by atoms with van der Waals surface area (Å²) in [6.45, 7) is 1.96. The molecule has 1 unspecified atom stereocenters. The molecule has 5 heteroatoms. The highest BCUT2D eigenvalue weighted by Crippen LogP contribution is 2.09. The molecule has 0 heterocycles. The average Bonchev–Trinajstić information content (AvgIpc) is 2.30. The molecule has 0 saturated heterocycles. The van der Waals surface area contributed by atoms with Gasteiger partial charge in [-0.1, -0.05) is 13.3 Å². The Bertz CT molecular complexity index is 410.